The molecule has 0 aliphatic heterocycles. The van der Waals surface area contributed by atoms with Gasteiger partial charge in [-0.3, -0.25) is 0 Å². The second-order valence-corrected chi connectivity index (χ2v) is 5.04. The maximum atomic E-state index is 5.86. The summed E-state index contributed by atoms with van der Waals surface area (Å²) in [5.41, 5.74) is 7.70. The average molecular weight is 271 g/mol. The van der Waals surface area contributed by atoms with Crippen LogP contribution in [0.15, 0.2) is 30.3 Å². The number of aryl methyl sites for hydroxylation is 1. The molecule has 4 heteroatoms. The van der Waals surface area contributed by atoms with E-state index in [0.29, 0.717) is 5.82 Å². The van der Waals surface area contributed by atoms with Crippen LogP contribution in [0.4, 0.5) is 5.82 Å². The second kappa shape index (κ2) is 6.37. The molecular weight excluding hydrogens is 250 g/mol. The zero-order valence-corrected chi connectivity index (χ0v) is 12.3. The zero-order valence-electron chi connectivity index (χ0n) is 12.3. The molecule has 2 N–H and O–H groups in total. The summed E-state index contributed by atoms with van der Waals surface area (Å²) in [7, 11) is 0. The Kier molecular flexibility index (Phi) is 4.56. The summed E-state index contributed by atoms with van der Waals surface area (Å²) in [4.78, 5) is 8.82. The maximum absolute atomic E-state index is 5.86. The minimum atomic E-state index is 0.149. The Labute approximate surface area is 120 Å². The third-order valence-electron chi connectivity index (χ3n) is 2.77. The van der Waals surface area contributed by atoms with Crippen LogP contribution in [0.1, 0.15) is 33.0 Å². The fraction of sp³-hybridized carbons (Fsp3) is 0.375. The van der Waals surface area contributed by atoms with Crippen molar-refractivity contribution >= 4 is 5.82 Å². The van der Waals surface area contributed by atoms with Gasteiger partial charge in [0, 0.05) is 18.1 Å². The quantitative estimate of drug-likeness (QED) is 0.904. The Hall–Kier alpha value is -2.10. The number of hydrogen-bond acceptors (Lipinski definition) is 4. The number of hydrogen-bond donors (Lipinski definition) is 1. The van der Waals surface area contributed by atoms with Gasteiger partial charge in [0.1, 0.15) is 17.4 Å². The first kappa shape index (κ1) is 14.3. The van der Waals surface area contributed by atoms with Gasteiger partial charge in [-0.25, -0.2) is 9.97 Å². The van der Waals surface area contributed by atoms with E-state index in [2.05, 4.69) is 16.9 Å². The molecular formula is C16H21N3O. The Morgan fingerprint density at radius 2 is 2.00 bits per heavy atom. The summed E-state index contributed by atoms with van der Waals surface area (Å²) in [6.07, 6.45) is 1.98. The van der Waals surface area contributed by atoms with E-state index in [1.54, 1.807) is 6.07 Å². The fourth-order valence-corrected chi connectivity index (χ4v) is 2.00. The van der Waals surface area contributed by atoms with E-state index >= 15 is 0 Å². The first-order valence-corrected chi connectivity index (χ1v) is 6.99. The Balaban J connectivity index is 2.35. The number of aromatic nitrogens is 2. The first-order valence-electron chi connectivity index (χ1n) is 6.99. The standard InChI is InChI=1S/C16H21N3O/c1-4-6-16-18-14(10-15(17)19-16)12-7-5-8-13(9-12)20-11(2)3/h5,7-11H,4,6H2,1-3H3,(H2,17,18,19). The molecule has 0 saturated heterocycles. The lowest BCUT2D eigenvalue weighted by Crippen LogP contribution is -2.05. The summed E-state index contributed by atoms with van der Waals surface area (Å²) >= 11 is 0. The van der Waals surface area contributed by atoms with Crippen molar-refractivity contribution in [1.82, 2.24) is 9.97 Å². The van der Waals surface area contributed by atoms with Gasteiger partial charge in [-0.1, -0.05) is 19.1 Å². The third-order valence-corrected chi connectivity index (χ3v) is 2.77. The van der Waals surface area contributed by atoms with Crippen molar-refractivity contribution in [1.29, 1.82) is 0 Å². The van der Waals surface area contributed by atoms with Gasteiger partial charge in [-0.05, 0) is 32.4 Å². The molecule has 0 bridgehead atoms. The molecule has 106 valence electrons. The number of rotatable bonds is 5. The molecule has 0 saturated carbocycles. The van der Waals surface area contributed by atoms with Crippen molar-refractivity contribution in [2.24, 2.45) is 0 Å². The fourth-order valence-electron chi connectivity index (χ4n) is 2.00. The van der Waals surface area contributed by atoms with E-state index in [1.165, 1.54) is 0 Å². The van der Waals surface area contributed by atoms with Crippen molar-refractivity contribution in [3.8, 4) is 17.0 Å². The molecule has 2 rings (SSSR count). The summed E-state index contributed by atoms with van der Waals surface area (Å²) in [5, 5.41) is 0. The topological polar surface area (TPSA) is 61.0 Å². The Morgan fingerprint density at radius 3 is 2.70 bits per heavy atom. The number of nitrogens with zero attached hydrogens (tertiary/aromatic N) is 2. The molecule has 2 aromatic rings. The van der Waals surface area contributed by atoms with Crippen molar-refractivity contribution in [2.45, 2.75) is 39.7 Å². The predicted molar refractivity (Wildman–Crippen MR) is 81.6 cm³/mol. The van der Waals surface area contributed by atoms with Gasteiger partial charge in [0.15, 0.2) is 0 Å². The van der Waals surface area contributed by atoms with Crippen molar-refractivity contribution in [2.75, 3.05) is 5.73 Å². The Bertz CT molecular complexity index is 582. The minimum Gasteiger partial charge on any atom is -0.491 e. The summed E-state index contributed by atoms with van der Waals surface area (Å²) in [6.45, 7) is 6.12. The van der Waals surface area contributed by atoms with Crippen molar-refractivity contribution < 1.29 is 4.74 Å². The Morgan fingerprint density at radius 1 is 1.20 bits per heavy atom. The number of benzene rings is 1. The highest BCUT2D eigenvalue weighted by molar-refractivity contribution is 5.63. The van der Waals surface area contributed by atoms with Crippen LogP contribution >= 0.6 is 0 Å². The molecule has 1 heterocycles. The summed E-state index contributed by atoms with van der Waals surface area (Å²) in [5.74, 6) is 2.14. The van der Waals surface area contributed by atoms with E-state index in [-0.39, 0.29) is 6.10 Å². The number of anilines is 1. The molecule has 0 spiro atoms. The molecule has 4 nitrogen and oxygen atoms in total. The third kappa shape index (κ3) is 3.70. The van der Waals surface area contributed by atoms with Gasteiger partial charge in [0.05, 0.1) is 11.8 Å². The largest absolute Gasteiger partial charge is 0.491 e. The first-order chi connectivity index (χ1) is 9.58. The van der Waals surface area contributed by atoms with Gasteiger partial charge in [0.2, 0.25) is 0 Å². The zero-order chi connectivity index (χ0) is 14.5. The number of nitrogens with two attached hydrogens (primary N) is 1. The van der Waals surface area contributed by atoms with Gasteiger partial charge in [0.25, 0.3) is 0 Å². The smallest absolute Gasteiger partial charge is 0.131 e. The molecule has 0 aliphatic rings. The monoisotopic (exact) mass is 271 g/mol. The molecule has 1 aromatic heterocycles. The van der Waals surface area contributed by atoms with E-state index in [4.69, 9.17) is 10.5 Å². The van der Waals surface area contributed by atoms with Gasteiger partial charge in [-0.2, -0.15) is 0 Å². The SMILES string of the molecule is CCCc1nc(N)cc(-c2cccc(OC(C)C)c2)n1. The van der Waals surface area contributed by atoms with Crippen molar-refractivity contribution in [3.05, 3.63) is 36.2 Å². The van der Waals surface area contributed by atoms with Crippen LogP contribution in [-0.2, 0) is 6.42 Å². The highest BCUT2D eigenvalue weighted by Crippen LogP contribution is 2.24. The summed E-state index contributed by atoms with van der Waals surface area (Å²) < 4.78 is 5.71. The molecule has 1 aromatic carbocycles. The van der Waals surface area contributed by atoms with Crippen LogP contribution in [0, 0.1) is 0 Å². The molecule has 0 unspecified atom stereocenters. The molecule has 0 atom stereocenters. The van der Waals surface area contributed by atoms with Crippen LogP contribution < -0.4 is 10.5 Å². The van der Waals surface area contributed by atoms with Crippen LogP contribution in [0.3, 0.4) is 0 Å². The molecule has 0 aliphatic carbocycles. The van der Waals surface area contributed by atoms with E-state index in [1.807, 2.05) is 38.1 Å². The van der Waals surface area contributed by atoms with Gasteiger partial charge in [-0.15, -0.1) is 0 Å². The highest BCUT2D eigenvalue weighted by atomic mass is 16.5. The lowest BCUT2D eigenvalue weighted by atomic mass is 10.1. The lowest BCUT2D eigenvalue weighted by Gasteiger charge is -2.11. The maximum Gasteiger partial charge on any atom is 0.131 e. The van der Waals surface area contributed by atoms with Crippen LogP contribution in [0.25, 0.3) is 11.3 Å². The van der Waals surface area contributed by atoms with E-state index in [0.717, 1.165) is 35.7 Å². The number of nitrogen functional groups attached to an aromatic ring is 1. The van der Waals surface area contributed by atoms with Crippen molar-refractivity contribution in [3.63, 3.8) is 0 Å². The molecule has 0 fully saturated rings. The summed E-state index contributed by atoms with van der Waals surface area (Å²) in [6, 6.07) is 9.70. The van der Waals surface area contributed by atoms with Crippen LogP contribution in [0.2, 0.25) is 0 Å². The predicted octanol–water partition coefficient (Wildman–Crippen LogP) is 3.47. The molecule has 0 amide bonds. The van der Waals surface area contributed by atoms with E-state index in [9.17, 15) is 0 Å². The minimum absolute atomic E-state index is 0.149. The van der Waals surface area contributed by atoms with E-state index < -0.39 is 0 Å². The average Bonchev–Trinajstić information content (AvgIpc) is 2.38. The number of ether oxygens (including phenoxy) is 1. The van der Waals surface area contributed by atoms with Gasteiger partial charge < -0.3 is 10.5 Å². The van der Waals surface area contributed by atoms with Gasteiger partial charge >= 0.3 is 0 Å². The normalized spacial score (nSPS) is 10.8. The molecule has 0 radical (unpaired) electrons. The molecule has 20 heavy (non-hydrogen) atoms. The lowest BCUT2D eigenvalue weighted by molar-refractivity contribution is 0.242. The van der Waals surface area contributed by atoms with Crippen LogP contribution in [0.5, 0.6) is 5.75 Å². The highest BCUT2D eigenvalue weighted by Gasteiger charge is 2.06. The van der Waals surface area contributed by atoms with Crippen LogP contribution in [-0.4, -0.2) is 16.1 Å². The second-order valence-electron chi connectivity index (χ2n) is 5.04.